The smallest absolute Gasteiger partial charge is 0.312 e. The molecule has 0 aromatic heterocycles. The SMILES string of the molecule is CC(=O)NCCCCCC(=O)N1Cc2ccccc2C(C(=O)O)C1. The number of amides is 2. The molecule has 130 valence electrons. The Balaban J connectivity index is 1.85. The molecule has 2 amide bonds. The van der Waals surface area contributed by atoms with Crippen molar-refractivity contribution in [1.82, 2.24) is 10.2 Å². The van der Waals surface area contributed by atoms with Gasteiger partial charge in [0.15, 0.2) is 0 Å². The molecule has 6 nitrogen and oxygen atoms in total. The number of aliphatic carboxylic acids is 1. The van der Waals surface area contributed by atoms with Gasteiger partial charge in [-0.1, -0.05) is 30.7 Å². The van der Waals surface area contributed by atoms with E-state index >= 15 is 0 Å². The van der Waals surface area contributed by atoms with Gasteiger partial charge in [0, 0.05) is 33.0 Å². The number of benzene rings is 1. The zero-order valence-electron chi connectivity index (χ0n) is 14.0. The fourth-order valence-corrected chi connectivity index (χ4v) is 3.01. The minimum atomic E-state index is -0.893. The largest absolute Gasteiger partial charge is 0.481 e. The predicted molar refractivity (Wildman–Crippen MR) is 89.4 cm³/mol. The van der Waals surface area contributed by atoms with Crippen molar-refractivity contribution in [3.8, 4) is 0 Å². The molecule has 0 radical (unpaired) electrons. The number of carbonyl (C=O) groups is 3. The first-order valence-corrected chi connectivity index (χ1v) is 8.32. The van der Waals surface area contributed by atoms with Crippen LogP contribution in [0.25, 0.3) is 0 Å². The molecule has 0 saturated heterocycles. The second kappa shape index (κ2) is 8.47. The molecule has 1 unspecified atom stereocenters. The summed E-state index contributed by atoms with van der Waals surface area (Å²) in [6, 6.07) is 7.42. The summed E-state index contributed by atoms with van der Waals surface area (Å²) < 4.78 is 0. The van der Waals surface area contributed by atoms with Crippen LogP contribution in [0.3, 0.4) is 0 Å². The highest BCUT2D eigenvalue weighted by atomic mass is 16.4. The number of unbranched alkanes of at least 4 members (excludes halogenated alkanes) is 2. The number of carbonyl (C=O) groups excluding carboxylic acids is 2. The van der Waals surface area contributed by atoms with Crippen molar-refractivity contribution >= 4 is 17.8 Å². The molecular weight excluding hydrogens is 308 g/mol. The highest BCUT2D eigenvalue weighted by molar-refractivity contribution is 5.81. The topological polar surface area (TPSA) is 86.7 Å². The van der Waals surface area contributed by atoms with Gasteiger partial charge in [0.2, 0.25) is 11.8 Å². The number of hydrogen-bond donors (Lipinski definition) is 2. The maximum absolute atomic E-state index is 12.4. The summed E-state index contributed by atoms with van der Waals surface area (Å²) in [7, 11) is 0. The van der Waals surface area contributed by atoms with E-state index in [9.17, 15) is 19.5 Å². The molecule has 0 bridgehead atoms. The van der Waals surface area contributed by atoms with Crippen LogP contribution in [0.15, 0.2) is 24.3 Å². The van der Waals surface area contributed by atoms with Crippen molar-refractivity contribution < 1.29 is 19.5 Å². The fraction of sp³-hybridized carbons (Fsp3) is 0.500. The van der Waals surface area contributed by atoms with E-state index in [-0.39, 0.29) is 18.4 Å². The van der Waals surface area contributed by atoms with E-state index in [0.717, 1.165) is 30.4 Å². The number of rotatable bonds is 7. The van der Waals surface area contributed by atoms with Gasteiger partial charge in [-0.05, 0) is 24.0 Å². The number of fused-ring (bicyclic) bond motifs is 1. The van der Waals surface area contributed by atoms with Crippen LogP contribution in [-0.4, -0.2) is 40.9 Å². The number of carboxylic acids is 1. The first-order chi connectivity index (χ1) is 11.5. The highest BCUT2D eigenvalue weighted by Gasteiger charge is 2.31. The van der Waals surface area contributed by atoms with Gasteiger partial charge >= 0.3 is 5.97 Å². The van der Waals surface area contributed by atoms with Gasteiger partial charge in [0.05, 0.1) is 5.92 Å². The molecule has 0 aliphatic carbocycles. The molecule has 0 spiro atoms. The molecule has 2 N–H and O–H groups in total. The Kier molecular flexibility index (Phi) is 6.35. The van der Waals surface area contributed by atoms with Gasteiger partial charge in [-0.15, -0.1) is 0 Å². The summed E-state index contributed by atoms with van der Waals surface area (Å²) >= 11 is 0. The maximum atomic E-state index is 12.4. The summed E-state index contributed by atoms with van der Waals surface area (Å²) in [6.45, 7) is 2.82. The Morgan fingerprint density at radius 3 is 2.67 bits per heavy atom. The van der Waals surface area contributed by atoms with Crippen molar-refractivity contribution in [2.45, 2.75) is 45.1 Å². The van der Waals surface area contributed by atoms with Crippen LogP contribution in [0.1, 0.15) is 49.7 Å². The van der Waals surface area contributed by atoms with E-state index in [2.05, 4.69) is 5.32 Å². The number of nitrogens with zero attached hydrogens (tertiary/aromatic N) is 1. The maximum Gasteiger partial charge on any atom is 0.312 e. The minimum Gasteiger partial charge on any atom is -0.481 e. The summed E-state index contributed by atoms with van der Waals surface area (Å²) in [6.07, 6.45) is 2.86. The van der Waals surface area contributed by atoms with Crippen LogP contribution < -0.4 is 5.32 Å². The third-order valence-electron chi connectivity index (χ3n) is 4.29. The van der Waals surface area contributed by atoms with E-state index in [1.54, 1.807) is 4.90 Å². The Bertz CT molecular complexity index is 615. The van der Waals surface area contributed by atoms with Crippen molar-refractivity contribution in [3.05, 3.63) is 35.4 Å². The molecule has 1 aliphatic rings. The lowest BCUT2D eigenvalue weighted by Crippen LogP contribution is -2.40. The molecule has 6 heteroatoms. The van der Waals surface area contributed by atoms with Gasteiger partial charge in [0.1, 0.15) is 0 Å². The molecule has 1 atom stereocenters. The Morgan fingerprint density at radius 1 is 1.21 bits per heavy atom. The van der Waals surface area contributed by atoms with Gasteiger partial charge in [-0.3, -0.25) is 14.4 Å². The van der Waals surface area contributed by atoms with Crippen LogP contribution in [-0.2, 0) is 20.9 Å². The molecule has 2 rings (SSSR count). The van der Waals surface area contributed by atoms with E-state index < -0.39 is 11.9 Å². The van der Waals surface area contributed by atoms with Crippen LogP contribution in [0.5, 0.6) is 0 Å². The van der Waals surface area contributed by atoms with Gasteiger partial charge in [-0.2, -0.15) is 0 Å². The normalized spacial score (nSPS) is 16.4. The average molecular weight is 332 g/mol. The van der Waals surface area contributed by atoms with E-state index in [1.165, 1.54) is 6.92 Å². The first kappa shape index (κ1) is 18.0. The van der Waals surface area contributed by atoms with Crippen LogP contribution in [0.4, 0.5) is 0 Å². The van der Waals surface area contributed by atoms with Crippen LogP contribution in [0, 0.1) is 0 Å². The summed E-state index contributed by atoms with van der Waals surface area (Å²) in [5, 5.41) is 12.2. The average Bonchev–Trinajstić information content (AvgIpc) is 2.56. The van der Waals surface area contributed by atoms with Crippen molar-refractivity contribution in [1.29, 1.82) is 0 Å². The Morgan fingerprint density at radius 2 is 1.96 bits per heavy atom. The first-order valence-electron chi connectivity index (χ1n) is 8.32. The summed E-state index contributed by atoms with van der Waals surface area (Å²) in [5.41, 5.74) is 1.72. The second-order valence-corrected chi connectivity index (χ2v) is 6.16. The lowest BCUT2D eigenvalue weighted by molar-refractivity contribution is -0.141. The quantitative estimate of drug-likeness (QED) is 0.747. The molecule has 1 aromatic rings. The zero-order valence-corrected chi connectivity index (χ0v) is 14.0. The lowest BCUT2D eigenvalue weighted by Gasteiger charge is -2.33. The van der Waals surface area contributed by atoms with Crippen molar-refractivity contribution in [2.75, 3.05) is 13.1 Å². The van der Waals surface area contributed by atoms with Gasteiger partial charge < -0.3 is 15.3 Å². The van der Waals surface area contributed by atoms with Crippen molar-refractivity contribution in [2.24, 2.45) is 0 Å². The number of carboxylic acid groups (broad SMARTS) is 1. The highest BCUT2D eigenvalue weighted by Crippen LogP contribution is 2.29. The van der Waals surface area contributed by atoms with E-state index in [1.807, 2.05) is 24.3 Å². The molecule has 1 heterocycles. The number of nitrogens with one attached hydrogen (secondary N) is 1. The molecule has 1 aliphatic heterocycles. The molecule has 24 heavy (non-hydrogen) atoms. The molecule has 1 aromatic carbocycles. The Labute approximate surface area is 141 Å². The monoisotopic (exact) mass is 332 g/mol. The summed E-state index contributed by atoms with van der Waals surface area (Å²) in [4.78, 5) is 36.3. The predicted octanol–water partition coefficient (Wildman–Crippen LogP) is 1.89. The van der Waals surface area contributed by atoms with Crippen molar-refractivity contribution in [3.63, 3.8) is 0 Å². The third kappa shape index (κ3) is 4.81. The lowest BCUT2D eigenvalue weighted by atomic mass is 9.89. The molecular formula is C18H24N2O4. The zero-order chi connectivity index (χ0) is 17.5. The molecule has 0 fully saturated rings. The van der Waals surface area contributed by atoms with Crippen LogP contribution in [0.2, 0.25) is 0 Å². The van der Waals surface area contributed by atoms with Crippen LogP contribution >= 0.6 is 0 Å². The molecule has 0 saturated carbocycles. The van der Waals surface area contributed by atoms with Gasteiger partial charge in [-0.25, -0.2) is 0 Å². The third-order valence-corrected chi connectivity index (χ3v) is 4.29. The standard InChI is InChI=1S/C18H24N2O4/c1-13(21)19-10-6-2-3-9-17(22)20-11-14-7-4-5-8-15(14)16(12-20)18(23)24/h4-5,7-8,16H,2-3,6,9-12H2,1H3,(H,19,21)(H,23,24). The second-order valence-electron chi connectivity index (χ2n) is 6.16. The van der Waals surface area contributed by atoms with E-state index in [4.69, 9.17) is 0 Å². The number of hydrogen-bond acceptors (Lipinski definition) is 3. The van der Waals surface area contributed by atoms with Gasteiger partial charge in [0.25, 0.3) is 0 Å². The summed E-state index contributed by atoms with van der Waals surface area (Å²) in [5.74, 6) is -1.60. The minimum absolute atomic E-state index is 0.00437. The van der Waals surface area contributed by atoms with E-state index in [0.29, 0.717) is 19.5 Å². The fourth-order valence-electron chi connectivity index (χ4n) is 3.01. The Hall–Kier alpha value is -2.37.